The molecule has 23 heavy (non-hydrogen) atoms. The predicted molar refractivity (Wildman–Crippen MR) is 94.0 cm³/mol. The Kier molecular flexibility index (Phi) is 5.13. The van der Waals surface area contributed by atoms with E-state index in [-0.39, 0.29) is 0 Å². The second-order valence-electron chi connectivity index (χ2n) is 5.08. The highest BCUT2D eigenvalue weighted by atomic mass is 35.5. The van der Waals surface area contributed by atoms with Gasteiger partial charge >= 0.3 is 11.8 Å². The van der Waals surface area contributed by atoms with Gasteiger partial charge in [0.2, 0.25) is 0 Å². The van der Waals surface area contributed by atoms with Gasteiger partial charge in [0.05, 0.1) is 21.4 Å². The Labute approximate surface area is 143 Å². The van der Waals surface area contributed by atoms with Crippen LogP contribution in [0.2, 0.25) is 10.0 Å². The van der Waals surface area contributed by atoms with E-state index >= 15 is 0 Å². The van der Waals surface area contributed by atoms with Crippen molar-refractivity contribution in [2.45, 2.75) is 13.8 Å². The monoisotopic (exact) mass is 351 g/mol. The number of carbonyl (C=O) groups excluding carboxylic acids is 2. The van der Waals surface area contributed by atoms with Gasteiger partial charge in [-0.25, -0.2) is 0 Å². The lowest BCUT2D eigenvalue weighted by atomic mass is 10.1. The number of carbonyl (C=O) groups is 2. The third-order valence-corrected chi connectivity index (χ3v) is 3.76. The van der Waals surface area contributed by atoms with Gasteiger partial charge in [0.25, 0.3) is 0 Å². The fourth-order valence-electron chi connectivity index (χ4n) is 2.04. The normalized spacial score (nSPS) is 10.3. The van der Waals surface area contributed by atoms with Crippen LogP contribution in [0, 0.1) is 13.8 Å². The lowest BCUT2D eigenvalue weighted by molar-refractivity contribution is -0.133. The van der Waals surface area contributed by atoms with Gasteiger partial charge in [0, 0.05) is 5.69 Å². The summed E-state index contributed by atoms with van der Waals surface area (Å²) >= 11 is 12.0. The predicted octanol–water partition coefficient (Wildman–Crippen LogP) is 3.77. The minimum Gasteiger partial charge on any atom is -0.398 e. The zero-order valence-corrected chi connectivity index (χ0v) is 14.0. The summed E-state index contributed by atoms with van der Waals surface area (Å²) in [6, 6.07) is 8.13. The third-order valence-electron chi connectivity index (χ3n) is 3.13. The number of nitrogens with two attached hydrogens (primary N) is 1. The summed E-state index contributed by atoms with van der Waals surface area (Å²) < 4.78 is 0. The highest BCUT2D eigenvalue weighted by Gasteiger charge is 2.17. The number of hydrogen-bond acceptors (Lipinski definition) is 3. The molecule has 0 atom stereocenters. The molecule has 0 fully saturated rings. The summed E-state index contributed by atoms with van der Waals surface area (Å²) in [6.45, 7) is 3.69. The molecule has 5 nitrogen and oxygen atoms in total. The number of nitrogens with one attached hydrogen (secondary N) is 2. The van der Waals surface area contributed by atoms with Crippen LogP contribution < -0.4 is 16.4 Å². The minimum absolute atomic E-state index is 0.292. The molecule has 0 unspecified atom stereocenters. The smallest absolute Gasteiger partial charge is 0.314 e. The van der Waals surface area contributed by atoms with Crippen LogP contribution in [0.25, 0.3) is 0 Å². The van der Waals surface area contributed by atoms with E-state index < -0.39 is 11.8 Å². The van der Waals surface area contributed by atoms with Gasteiger partial charge in [-0.2, -0.15) is 0 Å². The molecule has 0 saturated heterocycles. The Morgan fingerprint density at radius 2 is 1.61 bits per heavy atom. The van der Waals surface area contributed by atoms with E-state index in [9.17, 15) is 9.59 Å². The van der Waals surface area contributed by atoms with E-state index in [1.807, 2.05) is 13.0 Å². The van der Waals surface area contributed by atoms with Crippen LogP contribution in [0.3, 0.4) is 0 Å². The first-order valence-electron chi connectivity index (χ1n) is 6.72. The van der Waals surface area contributed by atoms with Gasteiger partial charge < -0.3 is 16.4 Å². The Balaban J connectivity index is 2.11. The summed E-state index contributed by atoms with van der Waals surface area (Å²) in [4.78, 5) is 24.0. The summed E-state index contributed by atoms with van der Waals surface area (Å²) in [5.74, 6) is -1.66. The van der Waals surface area contributed by atoms with Crippen LogP contribution in [0.4, 0.5) is 17.1 Å². The summed E-state index contributed by atoms with van der Waals surface area (Å²) in [5.41, 5.74) is 8.49. The number of halogens is 2. The molecule has 7 heteroatoms. The first kappa shape index (κ1) is 17.1. The number of nitrogen functional groups attached to an aromatic ring is 1. The van der Waals surface area contributed by atoms with Gasteiger partial charge in [-0.15, -0.1) is 0 Å². The van der Waals surface area contributed by atoms with Gasteiger partial charge in [-0.1, -0.05) is 29.3 Å². The van der Waals surface area contributed by atoms with Gasteiger partial charge in [-0.05, 0) is 49.2 Å². The Hall–Kier alpha value is -2.24. The zero-order valence-electron chi connectivity index (χ0n) is 12.5. The third kappa shape index (κ3) is 4.15. The largest absolute Gasteiger partial charge is 0.398 e. The van der Waals surface area contributed by atoms with Crippen molar-refractivity contribution < 1.29 is 9.59 Å². The molecule has 0 bridgehead atoms. The molecule has 2 aromatic carbocycles. The van der Waals surface area contributed by atoms with E-state index in [1.54, 1.807) is 19.1 Å². The standard InChI is InChI=1S/C16H15Cl2N3O2/c1-8-5-9(2)14(12(18)6-8)21-16(23)15(22)20-10-3-4-13(19)11(17)7-10/h3-7H,19H2,1-2H3,(H,20,22)(H,21,23). The Morgan fingerprint density at radius 3 is 2.22 bits per heavy atom. The van der Waals surface area contributed by atoms with E-state index in [0.29, 0.717) is 27.1 Å². The molecule has 0 radical (unpaired) electrons. The topological polar surface area (TPSA) is 84.2 Å². The minimum atomic E-state index is -0.832. The molecule has 2 aromatic rings. The van der Waals surface area contributed by atoms with Crippen LogP contribution in [0.1, 0.15) is 11.1 Å². The van der Waals surface area contributed by atoms with E-state index in [0.717, 1.165) is 11.1 Å². The molecule has 0 aliphatic carbocycles. The average Bonchev–Trinajstić information content (AvgIpc) is 2.46. The van der Waals surface area contributed by atoms with Crippen molar-refractivity contribution in [1.29, 1.82) is 0 Å². The quantitative estimate of drug-likeness (QED) is 0.568. The van der Waals surface area contributed by atoms with Crippen molar-refractivity contribution in [3.8, 4) is 0 Å². The van der Waals surface area contributed by atoms with Crippen molar-refractivity contribution in [3.63, 3.8) is 0 Å². The molecule has 120 valence electrons. The maximum atomic E-state index is 12.0. The highest BCUT2D eigenvalue weighted by Crippen LogP contribution is 2.27. The van der Waals surface area contributed by atoms with Gasteiger partial charge in [0.15, 0.2) is 0 Å². The SMILES string of the molecule is Cc1cc(C)c(NC(=O)C(=O)Nc2ccc(N)c(Cl)c2)c(Cl)c1. The number of aryl methyl sites for hydroxylation is 2. The van der Waals surface area contributed by atoms with Crippen LogP contribution >= 0.6 is 23.2 Å². The second kappa shape index (κ2) is 6.89. The molecule has 0 spiro atoms. The van der Waals surface area contributed by atoms with Crippen molar-refractivity contribution in [2.24, 2.45) is 0 Å². The van der Waals surface area contributed by atoms with Gasteiger partial charge in [0.1, 0.15) is 0 Å². The fourth-order valence-corrected chi connectivity index (χ4v) is 2.59. The number of anilines is 3. The van der Waals surface area contributed by atoms with Crippen LogP contribution in [0.5, 0.6) is 0 Å². The lowest BCUT2D eigenvalue weighted by Gasteiger charge is -2.12. The summed E-state index contributed by atoms with van der Waals surface area (Å²) in [5, 5.41) is 5.62. The number of hydrogen-bond donors (Lipinski definition) is 3. The molecule has 2 rings (SSSR count). The number of benzene rings is 2. The van der Waals surface area contributed by atoms with Crippen LogP contribution in [-0.2, 0) is 9.59 Å². The molecule has 0 heterocycles. The molecule has 0 saturated carbocycles. The Bertz CT molecular complexity index is 768. The maximum absolute atomic E-state index is 12.0. The molecule has 2 amide bonds. The summed E-state index contributed by atoms with van der Waals surface area (Å²) in [6.07, 6.45) is 0. The molecule has 0 aliphatic heterocycles. The number of amides is 2. The van der Waals surface area contributed by atoms with Crippen molar-refractivity contribution in [3.05, 3.63) is 51.5 Å². The fraction of sp³-hybridized carbons (Fsp3) is 0.125. The zero-order chi connectivity index (χ0) is 17.1. The molecule has 0 aromatic heterocycles. The first-order valence-corrected chi connectivity index (χ1v) is 7.47. The van der Waals surface area contributed by atoms with E-state index in [1.165, 1.54) is 12.1 Å². The molecule has 0 aliphatic rings. The van der Waals surface area contributed by atoms with Crippen molar-refractivity contribution >= 4 is 52.1 Å². The summed E-state index contributed by atoms with van der Waals surface area (Å²) in [7, 11) is 0. The second-order valence-corrected chi connectivity index (χ2v) is 5.90. The molecular formula is C16H15Cl2N3O2. The Morgan fingerprint density at radius 1 is 0.957 bits per heavy atom. The lowest BCUT2D eigenvalue weighted by Crippen LogP contribution is -2.29. The van der Waals surface area contributed by atoms with Crippen molar-refractivity contribution in [1.82, 2.24) is 0 Å². The highest BCUT2D eigenvalue weighted by molar-refractivity contribution is 6.45. The van der Waals surface area contributed by atoms with Gasteiger partial charge in [-0.3, -0.25) is 9.59 Å². The van der Waals surface area contributed by atoms with Crippen LogP contribution in [-0.4, -0.2) is 11.8 Å². The first-order chi connectivity index (χ1) is 10.8. The van der Waals surface area contributed by atoms with E-state index in [4.69, 9.17) is 28.9 Å². The molecular weight excluding hydrogens is 337 g/mol. The average molecular weight is 352 g/mol. The number of rotatable bonds is 2. The van der Waals surface area contributed by atoms with Crippen LogP contribution in [0.15, 0.2) is 30.3 Å². The van der Waals surface area contributed by atoms with Crippen molar-refractivity contribution in [2.75, 3.05) is 16.4 Å². The molecule has 4 N–H and O–H groups in total. The van der Waals surface area contributed by atoms with E-state index in [2.05, 4.69) is 10.6 Å². The maximum Gasteiger partial charge on any atom is 0.314 e.